The molecule has 3 aromatic rings. The van der Waals surface area contributed by atoms with Gasteiger partial charge in [0.2, 0.25) is 5.91 Å². The van der Waals surface area contributed by atoms with Crippen LogP contribution < -0.4 is 5.32 Å². The molecule has 0 saturated carbocycles. The quantitative estimate of drug-likeness (QED) is 0.145. The second-order valence-corrected chi connectivity index (χ2v) is 12.6. The highest BCUT2D eigenvalue weighted by Gasteiger charge is 2.45. The number of amides is 2. The molecule has 10 nitrogen and oxygen atoms in total. The normalized spacial score (nSPS) is 17.2. The molecule has 0 spiro atoms. The number of hydrogen-bond donors (Lipinski definition) is 1. The van der Waals surface area contributed by atoms with E-state index in [1.165, 1.54) is 29.3 Å². The molecule has 2 heterocycles. The molecule has 0 aliphatic carbocycles. The van der Waals surface area contributed by atoms with E-state index < -0.39 is 53.0 Å². The number of ether oxygens (including phenoxy) is 2. The van der Waals surface area contributed by atoms with Crippen LogP contribution in [0.25, 0.3) is 10.4 Å². The molecule has 1 saturated heterocycles. The number of aromatic nitrogens is 1. The monoisotopic (exact) mass is 640 g/mol. The number of azide groups is 1. The van der Waals surface area contributed by atoms with Crippen LogP contribution >= 0.6 is 11.6 Å². The Morgan fingerprint density at radius 1 is 1.20 bits per heavy atom. The van der Waals surface area contributed by atoms with Crippen molar-refractivity contribution in [3.8, 4) is 0 Å². The highest BCUT2D eigenvalue weighted by atomic mass is 35.5. The second kappa shape index (κ2) is 13.8. The van der Waals surface area contributed by atoms with Gasteiger partial charge in [0.15, 0.2) is 0 Å². The molecule has 4 rings (SSSR count). The van der Waals surface area contributed by atoms with Crippen molar-refractivity contribution in [2.45, 2.75) is 76.8 Å². The van der Waals surface area contributed by atoms with Gasteiger partial charge in [-0.1, -0.05) is 41.0 Å². The van der Waals surface area contributed by atoms with Crippen molar-refractivity contribution in [1.82, 2.24) is 9.88 Å². The van der Waals surface area contributed by atoms with Gasteiger partial charge in [-0.25, -0.2) is 13.6 Å². The second-order valence-electron chi connectivity index (χ2n) is 12.2. The summed E-state index contributed by atoms with van der Waals surface area (Å²) in [5, 5.41) is 6.90. The van der Waals surface area contributed by atoms with Gasteiger partial charge < -0.3 is 14.8 Å². The van der Waals surface area contributed by atoms with Crippen LogP contribution in [0.5, 0.6) is 0 Å². The van der Waals surface area contributed by atoms with E-state index in [1.807, 2.05) is 0 Å². The molecule has 1 fully saturated rings. The van der Waals surface area contributed by atoms with Gasteiger partial charge in [0.05, 0.1) is 30.7 Å². The Hall–Kier alpha value is -4.25. The zero-order valence-corrected chi connectivity index (χ0v) is 26.4. The first-order valence-electron chi connectivity index (χ1n) is 14.3. The van der Waals surface area contributed by atoms with Crippen molar-refractivity contribution < 1.29 is 27.8 Å². The SMILES string of the molecule is CC(C)(C)OC(=O)N1[C@@H](CCc2c(F)cncc2NC(=O)[C@@H](N=[N+]=[N-])[C@@H](c2ccc(Cl)cc2)c2cccc(F)c2)COC1(C)C. The van der Waals surface area contributed by atoms with E-state index >= 15 is 4.39 Å². The number of nitrogens with zero attached hydrogens (tertiary/aromatic N) is 5. The number of pyridine rings is 1. The number of hydrogen-bond acceptors (Lipinski definition) is 6. The van der Waals surface area contributed by atoms with E-state index in [4.69, 9.17) is 21.1 Å². The summed E-state index contributed by atoms with van der Waals surface area (Å²) in [5.74, 6) is -2.87. The van der Waals surface area contributed by atoms with Gasteiger partial charge >= 0.3 is 6.09 Å². The van der Waals surface area contributed by atoms with E-state index in [9.17, 15) is 19.5 Å². The Labute approximate surface area is 265 Å². The van der Waals surface area contributed by atoms with Gasteiger partial charge in [-0.15, -0.1) is 0 Å². The van der Waals surface area contributed by atoms with Crippen LogP contribution in [0.1, 0.15) is 63.6 Å². The molecule has 0 unspecified atom stereocenters. The van der Waals surface area contributed by atoms with E-state index in [-0.39, 0.29) is 30.7 Å². The van der Waals surface area contributed by atoms with Crippen molar-refractivity contribution >= 4 is 29.3 Å². The maximum absolute atomic E-state index is 15.2. The Morgan fingerprint density at radius 3 is 2.56 bits per heavy atom. The molecule has 45 heavy (non-hydrogen) atoms. The van der Waals surface area contributed by atoms with Gasteiger partial charge in [0.1, 0.15) is 29.0 Å². The lowest BCUT2D eigenvalue weighted by Gasteiger charge is -2.35. The van der Waals surface area contributed by atoms with Crippen molar-refractivity contribution in [3.05, 3.63) is 105 Å². The smallest absolute Gasteiger partial charge is 0.412 e. The zero-order valence-electron chi connectivity index (χ0n) is 25.6. The summed E-state index contributed by atoms with van der Waals surface area (Å²) in [6.45, 7) is 9.00. The van der Waals surface area contributed by atoms with E-state index in [2.05, 4.69) is 20.3 Å². The lowest BCUT2D eigenvalue weighted by Crippen LogP contribution is -2.50. The first-order valence-corrected chi connectivity index (χ1v) is 14.7. The van der Waals surface area contributed by atoms with Crippen molar-refractivity contribution in [3.63, 3.8) is 0 Å². The number of anilines is 1. The number of halogens is 3. The van der Waals surface area contributed by atoms with Crippen LogP contribution in [-0.4, -0.2) is 51.9 Å². The Balaban J connectivity index is 1.62. The summed E-state index contributed by atoms with van der Waals surface area (Å²) in [6, 6.07) is 10.3. The summed E-state index contributed by atoms with van der Waals surface area (Å²) < 4.78 is 41.0. The largest absolute Gasteiger partial charge is 0.444 e. The average molecular weight is 641 g/mol. The zero-order chi connectivity index (χ0) is 32.9. The number of nitrogens with one attached hydrogen (secondary N) is 1. The number of carbonyl (C=O) groups is 2. The topological polar surface area (TPSA) is 130 Å². The highest BCUT2D eigenvalue weighted by Crippen LogP contribution is 2.34. The predicted octanol–water partition coefficient (Wildman–Crippen LogP) is 7.77. The fraction of sp³-hybridized carbons (Fsp3) is 0.406. The highest BCUT2D eigenvalue weighted by molar-refractivity contribution is 6.30. The summed E-state index contributed by atoms with van der Waals surface area (Å²) in [7, 11) is 0. The molecule has 2 aromatic carbocycles. The van der Waals surface area contributed by atoms with Crippen LogP contribution in [0.3, 0.4) is 0 Å². The van der Waals surface area contributed by atoms with Crippen LogP contribution in [0.4, 0.5) is 19.3 Å². The van der Waals surface area contributed by atoms with Crippen LogP contribution in [0.15, 0.2) is 66.0 Å². The fourth-order valence-electron chi connectivity index (χ4n) is 5.37. The Kier molecular flexibility index (Phi) is 10.3. The lowest BCUT2D eigenvalue weighted by molar-refractivity contribution is -0.117. The molecule has 2 amide bonds. The Morgan fingerprint density at radius 2 is 1.91 bits per heavy atom. The van der Waals surface area contributed by atoms with Crippen molar-refractivity contribution in [1.29, 1.82) is 0 Å². The molecular formula is C32H35ClF2N6O4. The number of rotatable bonds is 9. The fourth-order valence-corrected chi connectivity index (χ4v) is 5.50. The molecule has 0 bridgehead atoms. The summed E-state index contributed by atoms with van der Waals surface area (Å²) in [6.07, 6.45) is 2.15. The molecule has 3 atom stereocenters. The van der Waals surface area contributed by atoms with E-state index in [0.29, 0.717) is 16.1 Å². The molecule has 1 aromatic heterocycles. The molecule has 1 aliphatic heterocycles. The van der Waals surface area contributed by atoms with Crippen LogP contribution in [0.2, 0.25) is 5.02 Å². The summed E-state index contributed by atoms with van der Waals surface area (Å²) in [4.78, 5) is 35.2. The van der Waals surface area contributed by atoms with Crippen LogP contribution in [0, 0.1) is 11.6 Å². The first-order chi connectivity index (χ1) is 21.2. The van der Waals surface area contributed by atoms with Gasteiger partial charge in [-0.3, -0.25) is 14.7 Å². The maximum Gasteiger partial charge on any atom is 0.412 e. The van der Waals surface area contributed by atoms with E-state index in [0.717, 1.165) is 6.20 Å². The lowest BCUT2D eigenvalue weighted by atomic mass is 9.84. The van der Waals surface area contributed by atoms with Gasteiger partial charge in [-0.05, 0) is 88.4 Å². The maximum atomic E-state index is 15.2. The van der Waals surface area contributed by atoms with Crippen molar-refractivity contribution in [2.24, 2.45) is 5.11 Å². The molecule has 13 heteroatoms. The minimum absolute atomic E-state index is 0.0641. The summed E-state index contributed by atoms with van der Waals surface area (Å²) in [5.41, 5.74) is 8.89. The molecule has 0 radical (unpaired) electrons. The molecule has 1 N–H and O–H groups in total. The van der Waals surface area contributed by atoms with Gasteiger partial charge in [0.25, 0.3) is 0 Å². The standard InChI is InChI=1S/C32H35ClF2N6O4/c1-31(2,3)45-30(43)41-23(18-44-32(41,4)5)13-14-24-25(35)16-37-17-26(24)38-29(42)28(39-40-36)27(19-9-11-21(33)12-10-19)20-7-6-8-22(34)15-20/h6-12,15-17,23,27-28H,13-14,18H2,1-5H3,(H,38,42)/t23-,27-,28-/m0/s1. The predicted molar refractivity (Wildman–Crippen MR) is 166 cm³/mol. The molecule has 1 aliphatic rings. The number of benzene rings is 2. The average Bonchev–Trinajstić information content (AvgIpc) is 3.26. The minimum Gasteiger partial charge on any atom is -0.444 e. The third-order valence-corrected chi connectivity index (χ3v) is 7.60. The number of carbonyl (C=O) groups excluding carboxylic acids is 2. The van der Waals surface area contributed by atoms with Gasteiger partial charge in [0, 0.05) is 21.4 Å². The van der Waals surface area contributed by atoms with E-state index in [1.54, 1.807) is 65.0 Å². The first kappa shape index (κ1) is 33.6. The van der Waals surface area contributed by atoms with Crippen molar-refractivity contribution in [2.75, 3.05) is 11.9 Å². The molecular weight excluding hydrogens is 606 g/mol. The summed E-state index contributed by atoms with van der Waals surface area (Å²) >= 11 is 6.08. The van der Waals surface area contributed by atoms with Gasteiger partial charge in [-0.2, -0.15) is 0 Å². The molecule has 238 valence electrons. The Bertz CT molecular complexity index is 1590. The minimum atomic E-state index is -1.40. The third-order valence-electron chi connectivity index (χ3n) is 7.35. The third kappa shape index (κ3) is 8.27. The van der Waals surface area contributed by atoms with Crippen LogP contribution in [-0.2, 0) is 20.7 Å².